The van der Waals surface area contributed by atoms with Crippen molar-refractivity contribution in [2.45, 2.75) is 30.9 Å². The molecule has 1 aromatic carbocycles. The van der Waals surface area contributed by atoms with Crippen LogP contribution < -0.4 is 4.72 Å². The number of hydrogen-bond donors (Lipinski definition) is 1. The smallest absolute Gasteiger partial charge is 0.355 e. The second-order valence-corrected chi connectivity index (χ2v) is 10.0. The van der Waals surface area contributed by atoms with Gasteiger partial charge < -0.3 is 9.30 Å². The number of nitrogens with zero attached hydrogens (tertiary/aromatic N) is 2. The van der Waals surface area contributed by atoms with Crippen molar-refractivity contribution in [2.75, 3.05) is 13.2 Å². The predicted octanol–water partition coefficient (Wildman–Crippen LogP) is 3.89. The lowest BCUT2D eigenvalue weighted by Crippen LogP contribution is -2.25. The number of nitrogens with one attached hydrogen (secondary N) is 1. The molecule has 7 nitrogen and oxygen atoms in total. The van der Waals surface area contributed by atoms with E-state index in [-0.39, 0.29) is 13.2 Å². The molecule has 0 saturated carbocycles. The molecule has 3 rings (SSSR count). The summed E-state index contributed by atoms with van der Waals surface area (Å²) in [5, 5.41) is 11.5. The molecule has 0 radical (unpaired) electrons. The third-order valence-corrected chi connectivity index (χ3v) is 8.00. The Kier molecular flexibility index (Phi) is 7.51. The van der Waals surface area contributed by atoms with Crippen LogP contribution in [0, 0.1) is 11.3 Å². The minimum atomic E-state index is -3.49. The molecule has 0 aliphatic rings. The van der Waals surface area contributed by atoms with E-state index in [2.05, 4.69) is 10.8 Å². The van der Waals surface area contributed by atoms with Crippen LogP contribution in [0.25, 0.3) is 11.1 Å². The first-order valence-electron chi connectivity index (χ1n) is 10.2. The standard InChI is InChI=1S/C23H25N3O4S2/c1-4-19-18(15-24)21(22(26(19)3)23(27)30-5-2)17-10-8-16(9-11-17)12-13-25-32(28,29)20-7-6-14-31-20/h6-11,14,25H,4-5,12-13H2,1-3H3. The van der Waals surface area contributed by atoms with Crippen molar-refractivity contribution in [1.82, 2.24) is 9.29 Å². The van der Waals surface area contributed by atoms with Crippen molar-refractivity contribution in [3.8, 4) is 17.2 Å². The van der Waals surface area contributed by atoms with Crippen molar-refractivity contribution >= 4 is 27.3 Å². The molecule has 0 amide bonds. The molecule has 3 aromatic rings. The molecule has 168 valence electrons. The summed E-state index contributed by atoms with van der Waals surface area (Å²) in [5.74, 6) is -0.465. The van der Waals surface area contributed by atoms with Crippen molar-refractivity contribution in [1.29, 1.82) is 5.26 Å². The number of carbonyl (C=O) groups is 1. The highest BCUT2D eigenvalue weighted by atomic mass is 32.2. The fourth-order valence-electron chi connectivity index (χ4n) is 3.64. The van der Waals surface area contributed by atoms with E-state index in [4.69, 9.17) is 4.74 Å². The fraction of sp³-hybridized carbons (Fsp3) is 0.304. The van der Waals surface area contributed by atoms with Gasteiger partial charge in [0.2, 0.25) is 10.0 Å². The van der Waals surface area contributed by atoms with Gasteiger partial charge in [-0.05, 0) is 42.3 Å². The molecule has 32 heavy (non-hydrogen) atoms. The maximum absolute atomic E-state index is 12.6. The average Bonchev–Trinajstić information content (AvgIpc) is 3.41. The van der Waals surface area contributed by atoms with Gasteiger partial charge in [-0.2, -0.15) is 5.26 Å². The number of rotatable bonds is 9. The number of nitriles is 1. The summed E-state index contributed by atoms with van der Waals surface area (Å²) >= 11 is 1.17. The Morgan fingerprint density at radius 3 is 2.50 bits per heavy atom. The number of ether oxygens (including phenoxy) is 1. The molecule has 0 aliphatic carbocycles. The Labute approximate surface area is 192 Å². The zero-order valence-corrected chi connectivity index (χ0v) is 19.8. The molecule has 0 spiro atoms. The van der Waals surface area contributed by atoms with E-state index in [1.807, 2.05) is 31.2 Å². The Morgan fingerprint density at radius 1 is 1.22 bits per heavy atom. The van der Waals surface area contributed by atoms with E-state index in [1.54, 1.807) is 36.1 Å². The van der Waals surface area contributed by atoms with Crippen molar-refractivity contribution in [3.63, 3.8) is 0 Å². The van der Waals surface area contributed by atoms with Crippen LogP contribution in [0.3, 0.4) is 0 Å². The van der Waals surface area contributed by atoms with E-state index in [0.29, 0.717) is 33.9 Å². The number of sulfonamides is 1. The summed E-state index contributed by atoms with van der Waals surface area (Å²) in [5.41, 5.74) is 3.84. The molecule has 2 aromatic heterocycles. The van der Waals surface area contributed by atoms with E-state index in [1.165, 1.54) is 11.3 Å². The monoisotopic (exact) mass is 471 g/mol. The van der Waals surface area contributed by atoms with Crippen molar-refractivity contribution < 1.29 is 17.9 Å². The lowest BCUT2D eigenvalue weighted by atomic mass is 9.98. The van der Waals surface area contributed by atoms with Crippen LogP contribution in [0.5, 0.6) is 0 Å². The summed E-state index contributed by atoms with van der Waals surface area (Å²) in [6, 6.07) is 13.0. The molecule has 1 N–H and O–H groups in total. The van der Waals surface area contributed by atoms with Crippen molar-refractivity contribution in [2.24, 2.45) is 7.05 Å². The maximum atomic E-state index is 12.6. The van der Waals surface area contributed by atoms with Gasteiger partial charge >= 0.3 is 5.97 Å². The number of thiophene rings is 1. The Bertz CT molecular complexity index is 1240. The number of carbonyl (C=O) groups excluding carboxylic acids is 1. The molecule has 0 saturated heterocycles. The highest BCUT2D eigenvalue weighted by Gasteiger charge is 2.26. The van der Waals surface area contributed by atoms with Crippen LogP contribution in [-0.2, 0) is 34.6 Å². The topological polar surface area (TPSA) is 101 Å². The molecule has 0 bridgehead atoms. The highest BCUT2D eigenvalue weighted by molar-refractivity contribution is 7.91. The van der Waals surface area contributed by atoms with Crippen LogP contribution >= 0.6 is 11.3 Å². The van der Waals surface area contributed by atoms with Gasteiger partial charge in [0.1, 0.15) is 16.0 Å². The summed E-state index contributed by atoms with van der Waals surface area (Å²) in [4.78, 5) is 12.6. The summed E-state index contributed by atoms with van der Waals surface area (Å²) in [6.07, 6.45) is 1.12. The van der Waals surface area contributed by atoms with Crippen LogP contribution in [-0.4, -0.2) is 32.1 Å². The normalized spacial score (nSPS) is 11.3. The third-order valence-electron chi connectivity index (χ3n) is 5.14. The number of hydrogen-bond acceptors (Lipinski definition) is 6. The maximum Gasteiger partial charge on any atom is 0.355 e. The van der Waals surface area contributed by atoms with E-state index < -0.39 is 16.0 Å². The largest absolute Gasteiger partial charge is 0.461 e. The Hall–Kier alpha value is -2.93. The molecule has 9 heteroatoms. The highest BCUT2D eigenvalue weighted by Crippen LogP contribution is 2.33. The van der Waals surface area contributed by atoms with Crippen LogP contribution in [0.2, 0.25) is 0 Å². The van der Waals surface area contributed by atoms with Crippen LogP contribution in [0.4, 0.5) is 0 Å². The fourth-order valence-corrected chi connectivity index (χ4v) is 5.71. The van der Waals surface area contributed by atoms with Gasteiger partial charge in [0, 0.05) is 24.8 Å². The first-order valence-corrected chi connectivity index (χ1v) is 12.6. The number of benzene rings is 1. The van der Waals surface area contributed by atoms with Gasteiger partial charge in [0.25, 0.3) is 0 Å². The average molecular weight is 472 g/mol. The van der Waals surface area contributed by atoms with Gasteiger partial charge in [0.05, 0.1) is 12.2 Å². The second-order valence-electron chi connectivity index (χ2n) is 7.07. The zero-order chi connectivity index (χ0) is 23.3. The first-order chi connectivity index (χ1) is 15.3. The van der Waals surface area contributed by atoms with Gasteiger partial charge in [-0.25, -0.2) is 17.9 Å². The van der Waals surface area contributed by atoms with E-state index >= 15 is 0 Å². The third kappa shape index (κ3) is 4.78. The zero-order valence-electron chi connectivity index (χ0n) is 18.2. The van der Waals surface area contributed by atoms with E-state index in [9.17, 15) is 18.5 Å². The SMILES string of the molecule is CCOC(=O)c1c(-c2ccc(CCNS(=O)(=O)c3cccs3)cc2)c(C#N)c(CC)n1C. The molecular weight excluding hydrogens is 446 g/mol. The molecule has 0 aliphatic heterocycles. The lowest BCUT2D eigenvalue weighted by molar-refractivity contribution is 0.0516. The van der Waals surface area contributed by atoms with Gasteiger partial charge in [-0.15, -0.1) is 11.3 Å². The Morgan fingerprint density at radius 2 is 1.94 bits per heavy atom. The summed E-state index contributed by atoms with van der Waals surface area (Å²) < 4.78 is 34.3. The van der Waals surface area contributed by atoms with Crippen LogP contribution in [0.15, 0.2) is 46.0 Å². The van der Waals surface area contributed by atoms with Gasteiger partial charge in [-0.1, -0.05) is 37.3 Å². The number of esters is 1. The molecule has 0 unspecified atom stereocenters. The molecule has 0 atom stereocenters. The van der Waals surface area contributed by atoms with Gasteiger partial charge in [-0.3, -0.25) is 0 Å². The predicted molar refractivity (Wildman–Crippen MR) is 124 cm³/mol. The molecular formula is C23H25N3O4S2. The summed E-state index contributed by atoms with van der Waals surface area (Å²) in [7, 11) is -1.73. The second kappa shape index (κ2) is 10.1. The quantitative estimate of drug-likeness (QED) is 0.477. The van der Waals surface area contributed by atoms with Crippen molar-refractivity contribution in [3.05, 3.63) is 64.3 Å². The summed E-state index contributed by atoms with van der Waals surface area (Å²) in [6.45, 7) is 4.19. The Balaban J connectivity index is 1.84. The molecule has 0 fully saturated rings. The van der Waals surface area contributed by atoms with Gasteiger partial charge in [0.15, 0.2) is 0 Å². The first kappa shape index (κ1) is 23.7. The molecule has 2 heterocycles. The number of aromatic nitrogens is 1. The van der Waals surface area contributed by atoms with E-state index in [0.717, 1.165) is 16.8 Å². The lowest BCUT2D eigenvalue weighted by Gasteiger charge is -2.09. The minimum absolute atomic E-state index is 0.243. The van der Waals surface area contributed by atoms with Crippen LogP contribution in [0.1, 0.15) is 41.2 Å². The minimum Gasteiger partial charge on any atom is -0.461 e.